The summed E-state index contributed by atoms with van der Waals surface area (Å²) in [6.07, 6.45) is 2.18. The zero-order chi connectivity index (χ0) is 21.3. The normalized spacial score (nSPS) is 12.4. The first-order chi connectivity index (χ1) is 14.5. The summed E-state index contributed by atoms with van der Waals surface area (Å²) < 4.78 is 14.1. The number of ether oxygens (including phenoxy) is 1. The maximum Gasteiger partial charge on any atom is 0.291 e. The number of carbonyl (C=O) groups excluding carboxylic acids is 1. The van der Waals surface area contributed by atoms with E-state index in [0.29, 0.717) is 36.5 Å². The van der Waals surface area contributed by atoms with Crippen LogP contribution in [0.15, 0.2) is 51.9 Å². The van der Waals surface area contributed by atoms with Gasteiger partial charge in [0, 0.05) is 30.7 Å². The Hall–Kier alpha value is -3.55. The van der Waals surface area contributed by atoms with Crippen molar-refractivity contribution in [1.82, 2.24) is 19.5 Å². The van der Waals surface area contributed by atoms with Crippen LogP contribution in [0.5, 0.6) is 5.75 Å². The number of benzene rings is 1. The lowest BCUT2D eigenvalue weighted by Gasteiger charge is -2.17. The third-order valence-corrected chi connectivity index (χ3v) is 5.12. The van der Waals surface area contributed by atoms with Gasteiger partial charge in [0.15, 0.2) is 5.58 Å². The molecule has 3 aromatic heterocycles. The van der Waals surface area contributed by atoms with Crippen molar-refractivity contribution in [2.24, 2.45) is 0 Å². The van der Waals surface area contributed by atoms with Crippen LogP contribution in [0.4, 0.5) is 0 Å². The van der Waals surface area contributed by atoms with E-state index in [4.69, 9.17) is 9.15 Å². The summed E-state index contributed by atoms with van der Waals surface area (Å²) in [5, 5.41) is 7.37. The van der Waals surface area contributed by atoms with Crippen LogP contribution in [-0.2, 0) is 17.8 Å². The molecule has 4 rings (SSSR count). The maximum atomic E-state index is 13.1. The molecule has 0 radical (unpaired) electrons. The monoisotopic (exact) mass is 408 g/mol. The summed E-state index contributed by atoms with van der Waals surface area (Å²) >= 11 is 0. The number of rotatable bonds is 7. The molecule has 0 saturated heterocycles. The van der Waals surface area contributed by atoms with Gasteiger partial charge in [0.1, 0.15) is 23.1 Å². The van der Waals surface area contributed by atoms with Crippen molar-refractivity contribution in [3.05, 3.63) is 64.4 Å². The van der Waals surface area contributed by atoms with Crippen LogP contribution in [0.1, 0.15) is 38.2 Å². The Morgan fingerprint density at radius 2 is 2.03 bits per heavy atom. The minimum absolute atomic E-state index is 0.294. The van der Waals surface area contributed by atoms with Gasteiger partial charge in [0.2, 0.25) is 5.91 Å². The third-order valence-electron chi connectivity index (χ3n) is 5.12. The highest BCUT2D eigenvalue weighted by atomic mass is 16.5. The average molecular weight is 408 g/mol. The lowest BCUT2D eigenvalue weighted by molar-refractivity contribution is -0.124. The van der Waals surface area contributed by atoms with Crippen molar-refractivity contribution in [2.75, 3.05) is 6.61 Å². The third kappa shape index (κ3) is 3.34. The van der Waals surface area contributed by atoms with Gasteiger partial charge in [0.25, 0.3) is 5.56 Å². The summed E-state index contributed by atoms with van der Waals surface area (Å²) in [7, 11) is 0. The number of aryl methyl sites for hydroxylation is 1. The molecule has 30 heavy (non-hydrogen) atoms. The number of fused-ring (bicyclic) bond motifs is 3. The molecule has 1 unspecified atom stereocenters. The van der Waals surface area contributed by atoms with Gasteiger partial charge in [-0.25, -0.2) is 4.68 Å². The van der Waals surface area contributed by atoms with Crippen LogP contribution in [0.25, 0.3) is 16.6 Å². The number of nitrogens with one attached hydrogen (secondary N) is 1. The highest BCUT2D eigenvalue weighted by Gasteiger charge is 2.22. The zero-order valence-electron chi connectivity index (χ0n) is 17.2. The number of furan rings is 1. The number of nitrogens with zero attached hydrogens (tertiary/aromatic N) is 3. The molecule has 1 aromatic carbocycles. The highest BCUT2D eigenvalue weighted by molar-refractivity contribution is 5.83. The molecule has 0 saturated carbocycles. The first kappa shape index (κ1) is 19.8. The Kier molecular flexibility index (Phi) is 5.31. The van der Waals surface area contributed by atoms with Crippen molar-refractivity contribution >= 4 is 22.5 Å². The molecule has 1 N–H and O–H groups in total. The highest BCUT2D eigenvalue weighted by Crippen LogP contribution is 2.21. The molecule has 8 heteroatoms. The Morgan fingerprint density at radius 3 is 2.80 bits per heavy atom. The van der Waals surface area contributed by atoms with Gasteiger partial charge in [-0.1, -0.05) is 25.1 Å². The summed E-state index contributed by atoms with van der Waals surface area (Å²) in [5.41, 5.74) is 2.39. The largest absolute Gasteiger partial charge is 0.494 e. The number of hydrogen-bond donors (Lipinski definition) is 1. The van der Waals surface area contributed by atoms with Gasteiger partial charge in [-0.15, -0.1) is 0 Å². The Labute approximate surface area is 173 Å². The molecular formula is C22H24N4O4. The Bertz CT molecular complexity index is 1270. The van der Waals surface area contributed by atoms with Crippen LogP contribution in [0.2, 0.25) is 0 Å². The van der Waals surface area contributed by atoms with E-state index in [-0.39, 0.29) is 11.5 Å². The summed E-state index contributed by atoms with van der Waals surface area (Å²) in [4.78, 5) is 25.9. The second kappa shape index (κ2) is 8.06. The molecule has 0 bridgehead atoms. The first-order valence-electron chi connectivity index (χ1n) is 10.0. The van der Waals surface area contributed by atoms with E-state index in [1.165, 1.54) is 4.68 Å². The van der Waals surface area contributed by atoms with Crippen LogP contribution in [0.3, 0.4) is 0 Å². The maximum absolute atomic E-state index is 13.1. The average Bonchev–Trinajstić information content (AvgIpc) is 3.35. The molecule has 3 heterocycles. The van der Waals surface area contributed by atoms with Gasteiger partial charge in [0.05, 0.1) is 18.4 Å². The topological polar surface area (TPSA) is 90.8 Å². The minimum Gasteiger partial charge on any atom is -0.494 e. The molecule has 1 amide bonds. The second-order valence-corrected chi connectivity index (χ2v) is 6.99. The van der Waals surface area contributed by atoms with E-state index in [0.717, 1.165) is 16.8 Å². The Morgan fingerprint density at radius 1 is 1.23 bits per heavy atom. The van der Waals surface area contributed by atoms with Crippen LogP contribution < -0.4 is 15.6 Å². The molecular weight excluding hydrogens is 384 g/mol. The predicted molar refractivity (Wildman–Crippen MR) is 113 cm³/mol. The number of hydrogen-bond acceptors (Lipinski definition) is 5. The fourth-order valence-corrected chi connectivity index (χ4v) is 3.57. The zero-order valence-corrected chi connectivity index (χ0v) is 17.2. The van der Waals surface area contributed by atoms with E-state index >= 15 is 0 Å². The van der Waals surface area contributed by atoms with E-state index in [1.54, 1.807) is 29.7 Å². The van der Waals surface area contributed by atoms with Crippen molar-refractivity contribution in [3.8, 4) is 5.75 Å². The summed E-state index contributed by atoms with van der Waals surface area (Å²) in [5.74, 6) is 1.12. The number of para-hydroxylation sites is 1. The minimum atomic E-state index is -0.770. The van der Waals surface area contributed by atoms with E-state index in [2.05, 4.69) is 10.4 Å². The standard InChI is InChI=1S/C22H24N4O4/c1-4-20-24-26(22(28)17-12-19-16(25(17)20)10-11-30-19)14(3)21(27)23-13-15-8-6-7-9-18(15)29-5-2/h6-12,14H,4-5,13H2,1-3H3,(H,23,27). The molecule has 0 spiro atoms. The van der Waals surface area contributed by atoms with Gasteiger partial charge >= 0.3 is 0 Å². The van der Waals surface area contributed by atoms with Crippen molar-refractivity contribution < 1.29 is 13.9 Å². The quantitative estimate of drug-likeness (QED) is 0.507. The number of aromatic nitrogens is 3. The fraction of sp³-hybridized carbons (Fsp3) is 0.318. The lowest BCUT2D eigenvalue weighted by Crippen LogP contribution is -2.38. The van der Waals surface area contributed by atoms with Gasteiger partial charge in [-0.05, 0) is 19.9 Å². The molecule has 1 atom stereocenters. The summed E-state index contributed by atoms with van der Waals surface area (Å²) in [6, 6.07) is 10.3. The summed E-state index contributed by atoms with van der Waals surface area (Å²) in [6.45, 7) is 6.38. The predicted octanol–water partition coefficient (Wildman–Crippen LogP) is 3.08. The molecule has 0 aliphatic heterocycles. The van der Waals surface area contributed by atoms with Gasteiger partial charge in [-0.2, -0.15) is 5.10 Å². The first-order valence-corrected chi connectivity index (χ1v) is 10.0. The Balaban J connectivity index is 1.63. The SMILES string of the molecule is CCOc1ccccc1CNC(=O)C(C)n1nc(CC)n2c(cc3occc32)c1=O. The van der Waals surface area contributed by atoms with E-state index in [9.17, 15) is 9.59 Å². The second-order valence-electron chi connectivity index (χ2n) is 6.99. The van der Waals surface area contributed by atoms with Crippen LogP contribution in [0, 0.1) is 0 Å². The molecule has 4 aromatic rings. The fourth-order valence-electron chi connectivity index (χ4n) is 3.57. The van der Waals surface area contributed by atoms with Crippen molar-refractivity contribution in [2.45, 2.75) is 39.8 Å². The molecule has 8 nitrogen and oxygen atoms in total. The number of amides is 1. The van der Waals surface area contributed by atoms with Crippen LogP contribution >= 0.6 is 0 Å². The van der Waals surface area contributed by atoms with E-state index in [1.807, 2.05) is 38.1 Å². The van der Waals surface area contributed by atoms with Gasteiger partial charge < -0.3 is 14.5 Å². The molecule has 0 aliphatic rings. The van der Waals surface area contributed by atoms with Crippen molar-refractivity contribution in [3.63, 3.8) is 0 Å². The van der Waals surface area contributed by atoms with Crippen molar-refractivity contribution in [1.29, 1.82) is 0 Å². The lowest BCUT2D eigenvalue weighted by atomic mass is 10.2. The van der Waals surface area contributed by atoms with E-state index < -0.39 is 6.04 Å². The molecule has 0 aliphatic carbocycles. The smallest absolute Gasteiger partial charge is 0.291 e. The molecule has 0 fully saturated rings. The number of carbonyl (C=O) groups is 1. The van der Waals surface area contributed by atoms with Crippen LogP contribution in [-0.4, -0.2) is 26.7 Å². The van der Waals surface area contributed by atoms with Gasteiger partial charge in [-0.3, -0.25) is 14.0 Å². The molecule has 156 valence electrons.